The van der Waals surface area contributed by atoms with E-state index < -0.39 is 23.1 Å². The van der Waals surface area contributed by atoms with Gasteiger partial charge in [-0.1, -0.05) is 28.1 Å². The summed E-state index contributed by atoms with van der Waals surface area (Å²) in [6.45, 7) is 0. The number of carbonyl (C=O) groups excluding carboxylic acids is 1. The summed E-state index contributed by atoms with van der Waals surface area (Å²) in [5.41, 5.74) is 8.08. The Morgan fingerprint density at radius 2 is 1.92 bits per heavy atom. The van der Waals surface area contributed by atoms with Crippen LogP contribution in [0, 0.1) is 11.6 Å². The highest BCUT2D eigenvalue weighted by Gasteiger charge is 2.22. The molecular weight excluding hydrogens is 390 g/mol. The standard InChI is InChI=1S/C19H17BrF2N2O/c20-12-7-8-17(23)14(10-12)11-3-1-4-13(9-11)24-19(25)18-15(21)5-2-6-16(18)22/h2,5-10,13H,1,3-4,23H2,(H,24,25). The molecule has 130 valence electrons. The molecule has 2 aromatic rings. The zero-order valence-corrected chi connectivity index (χ0v) is 14.9. The number of hydrogen-bond acceptors (Lipinski definition) is 2. The second-order valence-corrected chi connectivity index (χ2v) is 6.91. The van der Waals surface area contributed by atoms with E-state index in [9.17, 15) is 13.6 Å². The average molecular weight is 407 g/mol. The number of carbonyl (C=O) groups is 1. The Balaban J connectivity index is 1.84. The fraction of sp³-hybridized carbons (Fsp3) is 0.211. The van der Waals surface area contributed by atoms with Gasteiger partial charge in [-0.25, -0.2) is 8.78 Å². The number of nitrogen functional groups attached to an aromatic ring is 1. The highest BCUT2D eigenvalue weighted by Crippen LogP contribution is 2.32. The molecule has 1 unspecified atom stereocenters. The zero-order chi connectivity index (χ0) is 18.0. The average Bonchev–Trinajstić information content (AvgIpc) is 2.57. The van der Waals surface area contributed by atoms with Gasteiger partial charge in [0.2, 0.25) is 0 Å². The van der Waals surface area contributed by atoms with Gasteiger partial charge in [-0.05, 0) is 55.2 Å². The van der Waals surface area contributed by atoms with Crippen LogP contribution >= 0.6 is 15.9 Å². The van der Waals surface area contributed by atoms with Gasteiger partial charge >= 0.3 is 0 Å². The molecule has 0 saturated carbocycles. The molecule has 3 rings (SSSR count). The van der Waals surface area contributed by atoms with Crippen LogP contribution < -0.4 is 11.1 Å². The van der Waals surface area contributed by atoms with Crippen molar-refractivity contribution in [3.63, 3.8) is 0 Å². The van der Waals surface area contributed by atoms with Gasteiger partial charge in [0.1, 0.15) is 17.2 Å². The number of amides is 1. The van der Waals surface area contributed by atoms with Gasteiger partial charge in [0.05, 0.1) is 0 Å². The monoisotopic (exact) mass is 406 g/mol. The van der Waals surface area contributed by atoms with Crippen molar-refractivity contribution in [1.82, 2.24) is 5.32 Å². The molecule has 0 fully saturated rings. The number of benzene rings is 2. The van der Waals surface area contributed by atoms with Crippen molar-refractivity contribution in [3.05, 3.63) is 69.7 Å². The summed E-state index contributed by atoms with van der Waals surface area (Å²) in [5, 5.41) is 2.70. The van der Waals surface area contributed by atoms with Gasteiger partial charge in [-0.15, -0.1) is 0 Å². The topological polar surface area (TPSA) is 55.1 Å². The molecule has 1 atom stereocenters. The third-order valence-corrected chi connectivity index (χ3v) is 4.72. The van der Waals surface area contributed by atoms with Crippen LogP contribution in [0.2, 0.25) is 0 Å². The lowest BCUT2D eigenvalue weighted by Crippen LogP contribution is -2.35. The summed E-state index contributed by atoms with van der Waals surface area (Å²) >= 11 is 3.43. The summed E-state index contributed by atoms with van der Waals surface area (Å²) in [6.07, 6.45) is 4.31. The van der Waals surface area contributed by atoms with Gasteiger partial charge in [-0.2, -0.15) is 0 Å². The molecule has 0 radical (unpaired) electrons. The third kappa shape index (κ3) is 3.90. The Morgan fingerprint density at radius 1 is 1.20 bits per heavy atom. The largest absolute Gasteiger partial charge is 0.398 e. The van der Waals surface area contributed by atoms with Gasteiger partial charge in [0, 0.05) is 21.8 Å². The predicted molar refractivity (Wildman–Crippen MR) is 98.0 cm³/mol. The molecule has 0 bridgehead atoms. The van der Waals surface area contributed by atoms with E-state index in [0.717, 1.165) is 40.6 Å². The molecule has 0 aromatic heterocycles. The maximum absolute atomic E-state index is 13.8. The SMILES string of the molecule is Nc1ccc(Br)cc1C1=CC(NC(=O)c2c(F)cccc2F)CCC1. The number of anilines is 1. The molecule has 1 amide bonds. The lowest BCUT2D eigenvalue weighted by atomic mass is 9.90. The van der Waals surface area contributed by atoms with Crippen LogP contribution in [0.25, 0.3) is 5.57 Å². The van der Waals surface area contributed by atoms with E-state index in [4.69, 9.17) is 5.73 Å². The molecule has 3 N–H and O–H groups in total. The number of rotatable bonds is 3. The molecular formula is C19H17BrF2N2O. The Bertz CT molecular complexity index is 831. The first kappa shape index (κ1) is 17.6. The lowest BCUT2D eigenvalue weighted by molar-refractivity contribution is 0.0933. The fourth-order valence-corrected chi connectivity index (χ4v) is 3.38. The maximum atomic E-state index is 13.8. The first-order chi connectivity index (χ1) is 12.0. The molecule has 6 heteroatoms. The molecule has 25 heavy (non-hydrogen) atoms. The van der Waals surface area contributed by atoms with Crippen LogP contribution in [0.3, 0.4) is 0 Å². The molecule has 3 nitrogen and oxygen atoms in total. The van der Waals surface area contributed by atoms with Crippen LogP contribution in [-0.2, 0) is 0 Å². The van der Waals surface area contributed by atoms with Crippen molar-refractivity contribution in [2.24, 2.45) is 0 Å². The fourth-order valence-electron chi connectivity index (χ4n) is 3.02. The van der Waals surface area contributed by atoms with Gasteiger partial charge in [0.25, 0.3) is 5.91 Å². The van der Waals surface area contributed by atoms with E-state index in [2.05, 4.69) is 21.2 Å². The Labute approximate surface area is 153 Å². The summed E-state index contributed by atoms with van der Waals surface area (Å²) in [6, 6.07) is 8.69. The van der Waals surface area contributed by atoms with Gasteiger partial charge in [-0.3, -0.25) is 4.79 Å². The van der Waals surface area contributed by atoms with Crippen molar-refractivity contribution < 1.29 is 13.6 Å². The Hall–Kier alpha value is -2.21. The van der Waals surface area contributed by atoms with Crippen molar-refractivity contribution in [2.75, 3.05) is 5.73 Å². The van der Waals surface area contributed by atoms with Crippen LogP contribution in [0.4, 0.5) is 14.5 Å². The van der Waals surface area contributed by atoms with Crippen molar-refractivity contribution in [1.29, 1.82) is 0 Å². The summed E-state index contributed by atoms with van der Waals surface area (Å²) in [7, 11) is 0. The number of halogens is 3. The van der Waals surface area contributed by atoms with E-state index in [1.165, 1.54) is 6.07 Å². The molecule has 0 spiro atoms. The number of nitrogens with two attached hydrogens (primary N) is 1. The molecule has 1 aliphatic carbocycles. The Kier molecular flexibility index (Phi) is 5.18. The number of nitrogens with one attached hydrogen (secondary N) is 1. The minimum absolute atomic E-state index is 0.298. The van der Waals surface area contributed by atoms with Crippen molar-refractivity contribution >= 4 is 33.1 Å². The first-order valence-corrected chi connectivity index (χ1v) is 8.76. The summed E-state index contributed by atoms with van der Waals surface area (Å²) < 4.78 is 28.4. The smallest absolute Gasteiger partial charge is 0.257 e. The Morgan fingerprint density at radius 3 is 2.64 bits per heavy atom. The predicted octanol–water partition coefficient (Wildman–Crippen LogP) is 4.68. The van der Waals surface area contributed by atoms with Gasteiger partial charge < -0.3 is 11.1 Å². The van der Waals surface area contributed by atoms with E-state index >= 15 is 0 Å². The van der Waals surface area contributed by atoms with E-state index in [-0.39, 0.29) is 6.04 Å². The second kappa shape index (κ2) is 7.35. The van der Waals surface area contributed by atoms with E-state index in [1.54, 1.807) is 0 Å². The molecule has 0 heterocycles. The molecule has 0 aliphatic heterocycles. The first-order valence-electron chi connectivity index (χ1n) is 7.96. The number of allylic oxidation sites excluding steroid dienone is 1. The minimum Gasteiger partial charge on any atom is -0.398 e. The molecule has 0 saturated heterocycles. The maximum Gasteiger partial charge on any atom is 0.257 e. The van der Waals surface area contributed by atoms with Crippen LogP contribution in [0.1, 0.15) is 35.2 Å². The lowest BCUT2D eigenvalue weighted by Gasteiger charge is -2.23. The van der Waals surface area contributed by atoms with Crippen LogP contribution in [-0.4, -0.2) is 11.9 Å². The molecule has 2 aromatic carbocycles. The highest BCUT2D eigenvalue weighted by molar-refractivity contribution is 9.10. The second-order valence-electron chi connectivity index (χ2n) is 5.99. The normalized spacial score (nSPS) is 17.1. The van der Waals surface area contributed by atoms with Crippen LogP contribution in [0.15, 0.2) is 46.9 Å². The van der Waals surface area contributed by atoms with E-state index in [0.29, 0.717) is 12.1 Å². The number of hydrogen-bond donors (Lipinski definition) is 2. The highest BCUT2D eigenvalue weighted by atomic mass is 79.9. The zero-order valence-electron chi connectivity index (χ0n) is 13.4. The third-order valence-electron chi connectivity index (χ3n) is 4.23. The van der Waals surface area contributed by atoms with E-state index in [1.807, 2.05) is 24.3 Å². The van der Waals surface area contributed by atoms with Crippen molar-refractivity contribution in [3.8, 4) is 0 Å². The van der Waals surface area contributed by atoms with Crippen LogP contribution in [0.5, 0.6) is 0 Å². The van der Waals surface area contributed by atoms with Crippen molar-refractivity contribution in [2.45, 2.75) is 25.3 Å². The minimum atomic E-state index is -0.867. The quantitative estimate of drug-likeness (QED) is 0.727. The summed E-state index contributed by atoms with van der Waals surface area (Å²) in [5.74, 6) is -2.48. The van der Waals surface area contributed by atoms with Gasteiger partial charge in [0.15, 0.2) is 0 Å². The summed E-state index contributed by atoms with van der Waals surface area (Å²) in [4.78, 5) is 12.3. The molecule has 1 aliphatic rings.